The van der Waals surface area contributed by atoms with Crippen LogP contribution in [0.25, 0.3) is 0 Å². The highest BCUT2D eigenvalue weighted by Gasteiger charge is 2.28. The van der Waals surface area contributed by atoms with Gasteiger partial charge in [0.2, 0.25) is 17.7 Å². The number of aromatic nitrogens is 2. The van der Waals surface area contributed by atoms with Gasteiger partial charge in [-0.1, -0.05) is 20.8 Å². The van der Waals surface area contributed by atoms with Gasteiger partial charge >= 0.3 is 0 Å². The molecule has 0 aliphatic heterocycles. The maximum atomic E-state index is 12.1. The Bertz CT molecular complexity index is 432. The first-order valence-corrected chi connectivity index (χ1v) is 6.42. The number of amides is 1. The molecule has 6 nitrogen and oxygen atoms in total. The second kappa shape index (κ2) is 5.69. The minimum atomic E-state index is -0.687. The predicted octanol–water partition coefficient (Wildman–Crippen LogP) is 1.41. The lowest BCUT2D eigenvalue weighted by Gasteiger charge is -2.27. The summed E-state index contributed by atoms with van der Waals surface area (Å²) < 4.78 is 5.26. The number of nitrogens with zero attached hydrogens (tertiary/aromatic N) is 2. The molecule has 1 amide bonds. The van der Waals surface area contributed by atoms with Crippen molar-refractivity contribution >= 4 is 5.91 Å². The van der Waals surface area contributed by atoms with Crippen molar-refractivity contribution in [3.05, 3.63) is 11.8 Å². The molecule has 0 saturated carbocycles. The molecule has 0 spiro atoms. The lowest BCUT2D eigenvalue weighted by atomic mass is 9.96. The molecule has 1 rings (SSSR count). The molecule has 19 heavy (non-hydrogen) atoms. The summed E-state index contributed by atoms with van der Waals surface area (Å²) in [5, 5.41) is 13.7. The number of carbonyl (C=O) groups excluding carboxylic acids is 1. The number of nitrogens with one attached hydrogen (secondary N) is 2. The van der Waals surface area contributed by atoms with Gasteiger partial charge in [-0.25, -0.2) is 0 Å². The Morgan fingerprint density at radius 2 is 1.84 bits per heavy atom. The quantitative estimate of drug-likeness (QED) is 0.844. The van der Waals surface area contributed by atoms with Gasteiger partial charge in [0.25, 0.3) is 0 Å². The average Bonchev–Trinajstić information content (AvgIpc) is 2.68. The summed E-state index contributed by atoms with van der Waals surface area (Å²) in [7, 11) is 0. The van der Waals surface area contributed by atoms with Gasteiger partial charge < -0.3 is 9.73 Å². The first kappa shape index (κ1) is 15.6. The van der Waals surface area contributed by atoms with E-state index in [0.29, 0.717) is 24.9 Å². The van der Waals surface area contributed by atoms with E-state index >= 15 is 0 Å². The van der Waals surface area contributed by atoms with Crippen LogP contribution in [0.4, 0.5) is 0 Å². The summed E-state index contributed by atoms with van der Waals surface area (Å²) in [6, 6.07) is 0. The molecular formula is C13H24N4O2. The van der Waals surface area contributed by atoms with E-state index in [-0.39, 0.29) is 11.3 Å². The Morgan fingerprint density at radius 3 is 2.32 bits per heavy atom. The highest BCUT2D eigenvalue weighted by atomic mass is 16.4. The Balaban J connectivity index is 2.48. The van der Waals surface area contributed by atoms with Crippen LogP contribution in [0.3, 0.4) is 0 Å². The molecule has 0 atom stereocenters. The summed E-state index contributed by atoms with van der Waals surface area (Å²) >= 11 is 0. The van der Waals surface area contributed by atoms with Crippen molar-refractivity contribution < 1.29 is 9.21 Å². The number of hydrogen-bond donors (Lipinski definition) is 2. The fourth-order valence-corrected chi connectivity index (χ4v) is 1.35. The zero-order chi connectivity index (χ0) is 14.7. The first-order chi connectivity index (χ1) is 8.60. The molecule has 0 radical (unpaired) electrons. The topological polar surface area (TPSA) is 80.0 Å². The molecule has 0 unspecified atom stereocenters. The molecular weight excluding hydrogens is 244 g/mol. The van der Waals surface area contributed by atoms with Gasteiger partial charge in [0.15, 0.2) is 0 Å². The van der Waals surface area contributed by atoms with E-state index in [1.165, 1.54) is 0 Å². The van der Waals surface area contributed by atoms with Crippen molar-refractivity contribution in [3.63, 3.8) is 0 Å². The van der Waals surface area contributed by atoms with Crippen molar-refractivity contribution in [1.29, 1.82) is 0 Å². The van der Waals surface area contributed by atoms with Crippen LogP contribution in [0.2, 0.25) is 0 Å². The fourth-order valence-electron chi connectivity index (χ4n) is 1.35. The molecule has 1 aromatic heterocycles. The predicted molar refractivity (Wildman–Crippen MR) is 72.4 cm³/mol. The number of rotatable bonds is 5. The number of aryl methyl sites for hydroxylation is 1. The van der Waals surface area contributed by atoms with Gasteiger partial charge in [-0.3, -0.25) is 10.1 Å². The molecule has 0 aliphatic carbocycles. The molecule has 0 aliphatic rings. The van der Waals surface area contributed by atoms with E-state index in [9.17, 15) is 4.79 Å². The molecule has 1 heterocycles. The largest absolute Gasteiger partial charge is 0.424 e. The van der Waals surface area contributed by atoms with Crippen molar-refractivity contribution in [2.45, 2.75) is 53.6 Å². The average molecular weight is 268 g/mol. The van der Waals surface area contributed by atoms with Crippen LogP contribution >= 0.6 is 0 Å². The molecule has 6 heteroatoms. The third kappa shape index (κ3) is 5.38. The van der Waals surface area contributed by atoms with E-state index < -0.39 is 5.54 Å². The molecule has 1 aromatic rings. The van der Waals surface area contributed by atoms with Crippen molar-refractivity contribution in [3.8, 4) is 0 Å². The third-order valence-electron chi connectivity index (χ3n) is 2.60. The highest BCUT2D eigenvalue weighted by molar-refractivity contribution is 5.85. The molecule has 0 fully saturated rings. The van der Waals surface area contributed by atoms with Crippen LogP contribution < -0.4 is 10.6 Å². The van der Waals surface area contributed by atoms with E-state index in [2.05, 4.69) is 41.6 Å². The SMILES string of the molecule is Cc1nnc(CNC(C)(C)C(=O)NCC(C)(C)C)o1. The lowest BCUT2D eigenvalue weighted by molar-refractivity contribution is -0.126. The van der Waals surface area contributed by atoms with E-state index in [0.717, 1.165) is 0 Å². The normalized spacial score (nSPS) is 12.5. The van der Waals surface area contributed by atoms with Crippen molar-refractivity contribution in [2.24, 2.45) is 5.41 Å². The van der Waals surface area contributed by atoms with Crippen LogP contribution in [-0.2, 0) is 11.3 Å². The van der Waals surface area contributed by atoms with Crippen LogP contribution in [0.1, 0.15) is 46.4 Å². The van der Waals surface area contributed by atoms with Crippen LogP contribution in [0.15, 0.2) is 4.42 Å². The van der Waals surface area contributed by atoms with Crippen LogP contribution in [0, 0.1) is 12.3 Å². The molecule has 0 bridgehead atoms. The minimum absolute atomic E-state index is 0.0429. The van der Waals surface area contributed by atoms with Gasteiger partial charge in [-0.05, 0) is 19.3 Å². The second-order valence-electron chi connectivity index (χ2n) is 6.44. The van der Waals surface area contributed by atoms with Gasteiger partial charge in [0, 0.05) is 13.5 Å². The van der Waals surface area contributed by atoms with Gasteiger partial charge in [0.05, 0.1) is 12.1 Å². The zero-order valence-electron chi connectivity index (χ0n) is 12.6. The molecule has 0 saturated heterocycles. The van der Waals surface area contributed by atoms with E-state index in [1.807, 2.05) is 13.8 Å². The summed E-state index contributed by atoms with van der Waals surface area (Å²) in [5.74, 6) is 0.958. The minimum Gasteiger partial charge on any atom is -0.424 e. The summed E-state index contributed by atoms with van der Waals surface area (Å²) in [4.78, 5) is 12.1. The Labute approximate surface area is 114 Å². The maximum Gasteiger partial charge on any atom is 0.239 e. The second-order valence-corrected chi connectivity index (χ2v) is 6.44. The van der Waals surface area contributed by atoms with Gasteiger partial charge in [-0.15, -0.1) is 10.2 Å². The Morgan fingerprint density at radius 1 is 1.21 bits per heavy atom. The Kier molecular flexibility index (Phi) is 4.68. The van der Waals surface area contributed by atoms with Gasteiger partial charge in [0.1, 0.15) is 0 Å². The van der Waals surface area contributed by atoms with E-state index in [4.69, 9.17) is 4.42 Å². The van der Waals surface area contributed by atoms with Crippen LogP contribution in [-0.4, -0.2) is 28.2 Å². The molecule has 108 valence electrons. The standard InChI is InChI=1S/C13H24N4O2/c1-9-16-17-10(19-9)7-15-13(5,6)11(18)14-8-12(2,3)4/h15H,7-8H2,1-6H3,(H,14,18). The summed E-state index contributed by atoms with van der Waals surface area (Å²) in [6.07, 6.45) is 0. The molecule has 2 N–H and O–H groups in total. The maximum absolute atomic E-state index is 12.1. The van der Waals surface area contributed by atoms with Crippen molar-refractivity contribution in [1.82, 2.24) is 20.8 Å². The van der Waals surface area contributed by atoms with E-state index in [1.54, 1.807) is 6.92 Å². The third-order valence-corrected chi connectivity index (χ3v) is 2.60. The molecule has 0 aromatic carbocycles. The first-order valence-electron chi connectivity index (χ1n) is 6.42. The zero-order valence-corrected chi connectivity index (χ0v) is 12.6. The van der Waals surface area contributed by atoms with Crippen molar-refractivity contribution in [2.75, 3.05) is 6.54 Å². The fraction of sp³-hybridized carbons (Fsp3) is 0.769. The lowest BCUT2D eigenvalue weighted by Crippen LogP contribution is -2.53. The highest BCUT2D eigenvalue weighted by Crippen LogP contribution is 2.12. The summed E-state index contributed by atoms with van der Waals surface area (Å²) in [5.41, 5.74) is -0.622. The summed E-state index contributed by atoms with van der Waals surface area (Å²) in [6.45, 7) is 12.6. The number of carbonyl (C=O) groups is 1. The smallest absolute Gasteiger partial charge is 0.239 e. The Hall–Kier alpha value is -1.43. The van der Waals surface area contributed by atoms with Gasteiger partial charge in [-0.2, -0.15) is 0 Å². The number of hydrogen-bond acceptors (Lipinski definition) is 5. The van der Waals surface area contributed by atoms with Crippen LogP contribution in [0.5, 0.6) is 0 Å². The monoisotopic (exact) mass is 268 g/mol.